The molecule has 0 fully saturated rings. The first-order chi connectivity index (χ1) is 14.4. The number of carbonyl (C=O) groups excluding carboxylic acids is 1. The highest BCUT2D eigenvalue weighted by Gasteiger charge is 2.03. The van der Waals surface area contributed by atoms with Crippen molar-refractivity contribution in [1.82, 2.24) is 9.97 Å². The predicted octanol–water partition coefficient (Wildman–Crippen LogP) is 4.06. The second kappa shape index (κ2) is 11.2. The summed E-state index contributed by atoms with van der Waals surface area (Å²) in [4.78, 5) is 23.5. The van der Waals surface area contributed by atoms with Crippen molar-refractivity contribution in [3.63, 3.8) is 0 Å². The van der Waals surface area contributed by atoms with E-state index in [0.717, 1.165) is 22.5 Å². The number of nitrogen functional groups attached to an aromatic ring is 1. The minimum atomic E-state index is -0.280. The Labute approximate surface area is 176 Å². The van der Waals surface area contributed by atoms with Crippen molar-refractivity contribution in [2.75, 3.05) is 30.5 Å². The van der Waals surface area contributed by atoms with Crippen LogP contribution in [0.3, 0.4) is 0 Å². The lowest BCUT2D eigenvalue weighted by Crippen LogP contribution is -2.19. The van der Waals surface area contributed by atoms with Crippen molar-refractivity contribution >= 4 is 29.4 Å². The average molecular weight is 406 g/mol. The number of rotatable bonds is 4. The van der Waals surface area contributed by atoms with Crippen LogP contribution in [-0.2, 0) is 0 Å². The van der Waals surface area contributed by atoms with Gasteiger partial charge in [0.25, 0.3) is 0 Å². The van der Waals surface area contributed by atoms with Gasteiger partial charge < -0.3 is 21.1 Å². The van der Waals surface area contributed by atoms with Crippen LogP contribution in [0, 0.1) is 13.8 Å². The summed E-state index contributed by atoms with van der Waals surface area (Å²) in [5.74, 6) is 1.18. The Morgan fingerprint density at radius 1 is 1.07 bits per heavy atom. The first-order valence-electron chi connectivity index (χ1n) is 9.21. The van der Waals surface area contributed by atoms with Gasteiger partial charge >= 0.3 is 6.03 Å². The molecule has 3 rings (SSSR count). The van der Waals surface area contributed by atoms with Crippen molar-refractivity contribution in [2.45, 2.75) is 13.8 Å². The first-order valence-corrected chi connectivity index (χ1v) is 9.21. The van der Waals surface area contributed by atoms with Crippen molar-refractivity contribution in [3.8, 4) is 5.75 Å². The van der Waals surface area contributed by atoms with Crippen LogP contribution < -0.4 is 21.1 Å². The molecule has 0 unspecified atom stereocenters. The zero-order valence-corrected chi connectivity index (χ0v) is 17.5. The molecular formula is C22H26N6O2. The number of hydrogen-bond donors (Lipinski definition) is 3. The number of ether oxygens (including phenoxy) is 1. The van der Waals surface area contributed by atoms with Gasteiger partial charge in [-0.3, -0.25) is 4.99 Å². The minimum Gasteiger partial charge on any atom is -0.497 e. The van der Waals surface area contributed by atoms with Crippen LogP contribution in [0.15, 0.2) is 59.9 Å². The van der Waals surface area contributed by atoms with E-state index in [-0.39, 0.29) is 6.03 Å². The summed E-state index contributed by atoms with van der Waals surface area (Å²) in [5.41, 5.74) is 9.81. The fourth-order valence-electron chi connectivity index (χ4n) is 2.42. The van der Waals surface area contributed by atoms with Crippen molar-refractivity contribution in [2.24, 2.45) is 4.99 Å². The van der Waals surface area contributed by atoms with Gasteiger partial charge in [-0.05, 0) is 38.1 Å². The number of hydrogen-bond acceptors (Lipinski definition) is 6. The third-order valence-electron chi connectivity index (χ3n) is 4.01. The molecule has 1 heterocycles. The molecule has 0 aliphatic carbocycles. The van der Waals surface area contributed by atoms with Gasteiger partial charge in [0.05, 0.1) is 18.4 Å². The smallest absolute Gasteiger partial charge is 0.323 e. The highest BCUT2D eigenvalue weighted by molar-refractivity contribution is 5.99. The van der Waals surface area contributed by atoms with E-state index in [9.17, 15) is 4.79 Å². The van der Waals surface area contributed by atoms with Crippen LogP contribution in [0.4, 0.5) is 22.0 Å². The molecule has 2 aromatic carbocycles. The number of aromatic nitrogens is 2. The van der Waals surface area contributed by atoms with Crippen molar-refractivity contribution < 1.29 is 9.53 Å². The van der Waals surface area contributed by atoms with Gasteiger partial charge in [0, 0.05) is 30.7 Å². The number of aliphatic imine (C=N–C) groups is 1. The Balaban J connectivity index is 0.000000248. The third kappa shape index (κ3) is 6.90. The highest BCUT2D eigenvalue weighted by Crippen LogP contribution is 2.17. The fraction of sp³-hybridized carbons (Fsp3) is 0.182. The van der Waals surface area contributed by atoms with E-state index in [1.807, 2.05) is 50.2 Å². The molecule has 0 spiro atoms. The average Bonchev–Trinajstić information content (AvgIpc) is 2.73. The lowest BCUT2D eigenvalue weighted by atomic mass is 10.2. The van der Waals surface area contributed by atoms with E-state index < -0.39 is 0 Å². The monoisotopic (exact) mass is 406 g/mol. The SMILES string of the molecule is CN=Cc1c(C)ncnc1N.COc1cccc(NC(=O)Nc2ccc(C)cc2)c1. The molecule has 8 nitrogen and oxygen atoms in total. The number of nitrogens with one attached hydrogen (secondary N) is 2. The van der Waals surface area contributed by atoms with Gasteiger partial charge in [-0.15, -0.1) is 0 Å². The zero-order chi connectivity index (χ0) is 21.9. The molecule has 0 aliphatic rings. The molecule has 2 amide bonds. The largest absolute Gasteiger partial charge is 0.497 e. The topological polar surface area (TPSA) is 115 Å². The molecule has 3 aromatic rings. The number of amides is 2. The first kappa shape index (κ1) is 22.4. The molecule has 0 saturated carbocycles. The summed E-state index contributed by atoms with van der Waals surface area (Å²) in [6, 6.07) is 14.5. The van der Waals surface area contributed by atoms with Crippen LogP contribution in [0.5, 0.6) is 5.75 Å². The second-order valence-corrected chi connectivity index (χ2v) is 6.32. The number of urea groups is 1. The summed E-state index contributed by atoms with van der Waals surface area (Å²) in [6.45, 7) is 3.87. The lowest BCUT2D eigenvalue weighted by Gasteiger charge is -2.08. The molecule has 0 saturated heterocycles. The van der Waals surface area contributed by atoms with Crippen LogP contribution in [0.2, 0.25) is 0 Å². The van der Waals surface area contributed by atoms with Gasteiger partial charge in [0.15, 0.2) is 0 Å². The molecule has 0 aliphatic heterocycles. The normalized spacial score (nSPS) is 10.1. The van der Waals surface area contributed by atoms with Crippen LogP contribution in [-0.4, -0.2) is 36.4 Å². The maximum Gasteiger partial charge on any atom is 0.323 e. The Kier molecular flexibility index (Phi) is 8.31. The van der Waals surface area contributed by atoms with Crippen molar-refractivity contribution in [3.05, 3.63) is 71.7 Å². The molecule has 0 bridgehead atoms. The summed E-state index contributed by atoms with van der Waals surface area (Å²) >= 11 is 0. The van der Waals surface area contributed by atoms with Crippen LogP contribution in [0.25, 0.3) is 0 Å². The maximum atomic E-state index is 11.8. The molecule has 30 heavy (non-hydrogen) atoms. The third-order valence-corrected chi connectivity index (χ3v) is 4.01. The lowest BCUT2D eigenvalue weighted by molar-refractivity contribution is 0.262. The Morgan fingerprint density at radius 3 is 2.40 bits per heavy atom. The minimum absolute atomic E-state index is 0.280. The number of aryl methyl sites for hydroxylation is 2. The zero-order valence-electron chi connectivity index (χ0n) is 17.5. The number of anilines is 3. The summed E-state index contributed by atoms with van der Waals surface area (Å²) in [5, 5.41) is 5.51. The standard InChI is InChI=1S/C15H16N2O2.C7H10N4/c1-11-6-8-12(9-7-11)16-15(18)17-13-4-3-5-14(10-13)19-2;1-5-6(3-9-2)7(8)11-4-10-5/h3-10H,1-2H3,(H2,16,17,18);3-4H,1-2H3,(H2,8,10,11). The van der Waals surface area contributed by atoms with Crippen LogP contribution in [0.1, 0.15) is 16.8 Å². The van der Waals surface area contributed by atoms with E-state index in [4.69, 9.17) is 10.5 Å². The van der Waals surface area contributed by atoms with Gasteiger partial charge in [0.2, 0.25) is 0 Å². The van der Waals surface area contributed by atoms with E-state index >= 15 is 0 Å². The molecule has 0 radical (unpaired) electrons. The summed E-state index contributed by atoms with van der Waals surface area (Å²) < 4.78 is 5.10. The molecule has 156 valence electrons. The second-order valence-electron chi connectivity index (χ2n) is 6.32. The number of benzene rings is 2. The maximum absolute atomic E-state index is 11.8. The van der Waals surface area contributed by atoms with E-state index in [0.29, 0.717) is 17.3 Å². The number of nitrogens with zero attached hydrogens (tertiary/aromatic N) is 3. The van der Waals surface area contributed by atoms with Gasteiger partial charge in [0.1, 0.15) is 17.9 Å². The van der Waals surface area contributed by atoms with E-state index in [2.05, 4.69) is 25.6 Å². The molecule has 0 atom stereocenters. The number of methoxy groups -OCH3 is 1. The number of nitrogens with two attached hydrogens (primary N) is 1. The van der Waals surface area contributed by atoms with Gasteiger partial charge in [-0.1, -0.05) is 23.8 Å². The number of carbonyl (C=O) groups is 1. The fourth-order valence-corrected chi connectivity index (χ4v) is 2.42. The molecule has 8 heteroatoms. The summed E-state index contributed by atoms with van der Waals surface area (Å²) in [6.07, 6.45) is 3.10. The summed E-state index contributed by atoms with van der Waals surface area (Å²) in [7, 11) is 3.28. The van der Waals surface area contributed by atoms with Crippen LogP contribution >= 0.6 is 0 Å². The van der Waals surface area contributed by atoms with Gasteiger partial charge in [-0.25, -0.2) is 14.8 Å². The molecular weight excluding hydrogens is 380 g/mol. The molecule has 1 aromatic heterocycles. The van der Waals surface area contributed by atoms with Gasteiger partial charge in [-0.2, -0.15) is 0 Å². The van der Waals surface area contributed by atoms with Crippen molar-refractivity contribution in [1.29, 1.82) is 0 Å². The quantitative estimate of drug-likeness (QED) is 0.565. The predicted molar refractivity (Wildman–Crippen MR) is 122 cm³/mol. The van der Waals surface area contributed by atoms with E-state index in [1.165, 1.54) is 6.33 Å². The van der Waals surface area contributed by atoms with E-state index in [1.54, 1.807) is 32.5 Å². The Morgan fingerprint density at radius 2 is 1.77 bits per heavy atom. The Bertz CT molecular complexity index is 983. The Hall–Kier alpha value is -3.94. The highest BCUT2D eigenvalue weighted by atomic mass is 16.5. The molecule has 4 N–H and O–H groups in total.